The fraction of sp³-hybridized carbons (Fsp3) is 0.538. The van der Waals surface area contributed by atoms with E-state index in [-0.39, 0.29) is 17.5 Å². The third-order valence-corrected chi connectivity index (χ3v) is 5.37. The Kier molecular flexibility index (Phi) is 4.30. The number of rotatable bonds is 5. The number of nitrogens with one attached hydrogen (secondary N) is 1. The summed E-state index contributed by atoms with van der Waals surface area (Å²) < 4.78 is 22.8. The number of hydrogen-bond donors (Lipinski definition) is 1. The fourth-order valence-electron chi connectivity index (χ4n) is 2.33. The summed E-state index contributed by atoms with van der Waals surface area (Å²) in [7, 11) is -2.88. The third kappa shape index (κ3) is 3.25. The summed E-state index contributed by atoms with van der Waals surface area (Å²) in [4.78, 5) is 0. The van der Waals surface area contributed by atoms with Gasteiger partial charge in [0.15, 0.2) is 9.84 Å². The van der Waals surface area contributed by atoms with E-state index in [1.54, 1.807) is 6.92 Å². The van der Waals surface area contributed by atoms with Crippen LogP contribution in [-0.4, -0.2) is 26.5 Å². The van der Waals surface area contributed by atoms with E-state index in [1.165, 1.54) is 11.1 Å². The number of aryl methyl sites for hydroxylation is 1. The molecule has 1 unspecified atom stereocenters. The molecule has 0 aromatic heterocycles. The lowest BCUT2D eigenvalue weighted by Crippen LogP contribution is -2.26. The Labute approximate surface area is 113 Å². The topological polar surface area (TPSA) is 46.2 Å². The van der Waals surface area contributed by atoms with Gasteiger partial charge in [-0.15, -0.1) is 0 Å². The summed E-state index contributed by atoms with van der Waals surface area (Å²) in [5.74, 6) is 0.425. The van der Waals surface area contributed by atoms with Gasteiger partial charge in [-0.2, -0.15) is 0 Å². The summed E-state index contributed by atoms with van der Waals surface area (Å²) in [6.45, 7) is 2.20. The first-order valence-corrected chi connectivity index (χ1v) is 8.44. The van der Waals surface area contributed by atoms with Gasteiger partial charge in [0.05, 0.1) is 5.75 Å². The zero-order valence-corrected chi connectivity index (χ0v) is 12.0. The lowest BCUT2D eigenvalue weighted by molar-refractivity contribution is 0.541. The highest BCUT2D eigenvalue weighted by Crippen LogP contribution is 2.32. The molecule has 3 nitrogen and oxygen atoms in total. The van der Waals surface area contributed by atoms with Gasteiger partial charge in [-0.1, -0.05) is 24.6 Å². The Balaban J connectivity index is 1.94. The van der Waals surface area contributed by atoms with E-state index in [4.69, 9.17) is 11.6 Å². The molecular formula is C13H18ClNO2S. The lowest BCUT2D eigenvalue weighted by atomic mass is 10.1. The maximum atomic E-state index is 11.4. The molecule has 0 spiro atoms. The summed E-state index contributed by atoms with van der Waals surface area (Å²) >= 11 is 5.95. The Morgan fingerprint density at radius 1 is 1.44 bits per heavy atom. The normalized spacial score (nSPS) is 18.9. The maximum absolute atomic E-state index is 11.4. The van der Waals surface area contributed by atoms with E-state index < -0.39 is 9.84 Å². The van der Waals surface area contributed by atoms with Gasteiger partial charge in [0, 0.05) is 23.4 Å². The zero-order valence-electron chi connectivity index (χ0n) is 10.4. The Bertz CT molecular complexity index is 528. The number of hydrogen-bond acceptors (Lipinski definition) is 3. The van der Waals surface area contributed by atoms with Crippen LogP contribution in [0.5, 0.6) is 0 Å². The predicted molar refractivity (Wildman–Crippen MR) is 74.8 cm³/mol. The van der Waals surface area contributed by atoms with Crippen LogP contribution in [0.25, 0.3) is 0 Å². The standard InChI is InChI=1S/C13H18ClNO2S/c1-2-18(16,17)8-7-15-13-6-3-10-9-11(14)4-5-12(10)13/h4-5,9,13,15H,2-3,6-8H2,1H3. The average molecular weight is 288 g/mol. The number of halogens is 1. The molecular weight excluding hydrogens is 270 g/mol. The van der Waals surface area contributed by atoms with Crippen LogP contribution in [0, 0.1) is 0 Å². The van der Waals surface area contributed by atoms with Crippen LogP contribution in [-0.2, 0) is 16.3 Å². The molecule has 5 heteroatoms. The van der Waals surface area contributed by atoms with Crippen LogP contribution >= 0.6 is 11.6 Å². The van der Waals surface area contributed by atoms with Crippen molar-refractivity contribution in [1.82, 2.24) is 5.32 Å². The highest BCUT2D eigenvalue weighted by Gasteiger charge is 2.22. The first-order valence-electron chi connectivity index (χ1n) is 6.24. The lowest BCUT2D eigenvalue weighted by Gasteiger charge is -2.13. The molecule has 1 aliphatic rings. The Morgan fingerprint density at radius 3 is 2.94 bits per heavy atom. The number of fused-ring (bicyclic) bond motifs is 1. The zero-order chi connectivity index (χ0) is 13.2. The molecule has 0 fully saturated rings. The van der Waals surface area contributed by atoms with Gasteiger partial charge in [-0.05, 0) is 36.1 Å². The van der Waals surface area contributed by atoms with Crippen molar-refractivity contribution in [3.63, 3.8) is 0 Å². The van der Waals surface area contributed by atoms with Gasteiger partial charge < -0.3 is 5.32 Å². The second kappa shape index (κ2) is 5.59. The minimum Gasteiger partial charge on any atom is -0.309 e. The van der Waals surface area contributed by atoms with E-state index in [1.807, 2.05) is 18.2 Å². The van der Waals surface area contributed by atoms with Gasteiger partial charge in [0.2, 0.25) is 0 Å². The van der Waals surface area contributed by atoms with Crippen molar-refractivity contribution in [2.24, 2.45) is 0 Å². The molecule has 2 rings (SSSR count). The molecule has 1 N–H and O–H groups in total. The van der Waals surface area contributed by atoms with Crippen LogP contribution < -0.4 is 5.32 Å². The molecule has 0 saturated heterocycles. The molecule has 1 atom stereocenters. The van der Waals surface area contributed by atoms with Crippen molar-refractivity contribution in [1.29, 1.82) is 0 Å². The first kappa shape index (κ1) is 13.8. The largest absolute Gasteiger partial charge is 0.309 e. The smallest absolute Gasteiger partial charge is 0.151 e. The van der Waals surface area contributed by atoms with Crippen LogP contribution in [0.2, 0.25) is 5.02 Å². The second-order valence-electron chi connectivity index (χ2n) is 4.62. The summed E-state index contributed by atoms with van der Waals surface area (Å²) in [6, 6.07) is 6.20. The van der Waals surface area contributed by atoms with Gasteiger partial charge in [0.1, 0.15) is 0 Å². The monoisotopic (exact) mass is 287 g/mol. The van der Waals surface area contributed by atoms with Crippen molar-refractivity contribution in [3.8, 4) is 0 Å². The number of sulfone groups is 1. The van der Waals surface area contributed by atoms with Crippen LogP contribution in [0.3, 0.4) is 0 Å². The minimum atomic E-state index is -2.88. The second-order valence-corrected chi connectivity index (χ2v) is 7.53. The summed E-state index contributed by atoms with van der Waals surface area (Å²) in [5, 5.41) is 4.09. The Hall–Kier alpha value is -0.580. The molecule has 0 heterocycles. The predicted octanol–water partition coefficient (Wildman–Crippen LogP) is 2.35. The van der Waals surface area contributed by atoms with Crippen molar-refractivity contribution in [2.45, 2.75) is 25.8 Å². The van der Waals surface area contributed by atoms with Gasteiger partial charge in [-0.3, -0.25) is 0 Å². The van der Waals surface area contributed by atoms with E-state index in [0.717, 1.165) is 17.9 Å². The first-order chi connectivity index (χ1) is 8.52. The SMILES string of the molecule is CCS(=O)(=O)CCNC1CCc2cc(Cl)ccc21. The molecule has 0 radical (unpaired) electrons. The van der Waals surface area contributed by atoms with Gasteiger partial charge in [-0.25, -0.2) is 8.42 Å². The van der Waals surface area contributed by atoms with E-state index in [2.05, 4.69) is 5.32 Å². The quantitative estimate of drug-likeness (QED) is 0.904. The Morgan fingerprint density at radius 2 is 2.22 bits per heavy atom. The third-order valence-electron chi connectivity index (χ3n) is 3.43. The average Bonchev–Trinajstić information content (AvgIpc) is 2.71. The molecule has 0 aliphatic heterocycles. The summed E-state index contributed by atoms with van der Waals surface area (Å²) in [6.07, 6.45) is 2.02. The highest BCUT2D eigenvalue weighted by atomic mass is 35.5. The van der Waals surface area contributed by atoms with Crippen molar-refractivity contribution < 1.29 is 8.42 Å². The molecule has 1 aromatic carbocycles. The van der Waals surface area contributed by atoms with Crippen LogP contribution in [0.4, 0.5) is 0 Å². The molecule has 1 aliphatic carbocycles. The van der Waals surface area contributed by atoms with E-state index >= 15 is 0 Å². The molecule has 0 saturated carbocycles. The fourth-order valence-corrected chi connectivity index (χ4v) is 3.24. The molecule has 18 heavy (non-hydrogen) atoms. The van der Waals surface area contributed by atoms with Gasteiger partial charge >= 0.3 is 0 Å². The van der Waals surface area contributed by atoms with Crippen LogP contribution in [0.1, 0.15) is 30.5 Å². The minimum absolute atomic E-state index is 0.211. The molecule has 100 valence electrons. The van der Waals surface area contributed by atoms with Crippen LogP contribution in [0.15, 0.2) is 18.2 Å². The van der Waals surface area contributed by atoms with Gasteiger partial charge in [0.25, 0.3) is 0 Å². The van der Waals surface area contributed by atoms with Crippen molar-refractivity contribution in [2.75, 3.05) is 18.1 Å². The number of benzene rings is 1. The van der Waals surface area contributed by atoms with Crippen molar-refractivity contribution >= 4 is 21.4 Å². The highest BCUT2D eigenvalue weighted by molar-refractivity contribution is 7.91. The molecule has 0 bridgehead atoms. The molecule has 1 aromatic rings. The summed E-state index contributed by atoms with van der Waals surface area (Å²) in [5.41, 5.74) is 2.53. The van der Waals surface area contributed by atoms with E-state index in [9.17, 15) is 8.42 Å². The van der Waals surface area contributed by atoms with E-state index in [0.29, 0.717) is 6.54 Å². The maximum Gasteiger partial charge on any atom is 0.151 e. The van der Waals surface area contributed by atoms with Crippen molar-refractivity contribution in [3.05, 3.63) is 34.3 Å². The molecule has 0 amide bonds.